The number of anilines is 4. The molecule has 2 rings (SSSR count). The van der Waals surface area contributed by atoms with E-state index in [0.717, 1.165) is 0 Å². The van der Waals surface area contributed by atoms with Gasteiger partial charge in [0.25, 0.3) is 0 Å². The van der Waals surface area contributed by atoms with Crippen LogP contribution in [0.15, 0.2) is 46.2 Å². The van der Waals surface area contributed by atoms with Crippen molar-refractivity contribution >= 4 is 32.6 Å². The summed E-state index contributed by atoms with van der Waals surface area (Å²) in [5.74, 6) is 0. The van der Waals surface area contributed by atoms with Crippen LogP contribution in [-0.4, -0.2) is 8.42 Å². The minimum Gasteiger partial charge on any atom is -0.397 e. The summed E-state index contributed by atoms with van der Waals surface area (Å²) in [6.45, 7) is 0. The van der Waals surface area contributed by atoms with Gasteiger partial charge >= 0.3 is 0 Å². The average molecular weight is 278 g/mol. The molecule has 0 amide bonds. The van der Waals surface area contributed by atoms with Crippen molar-refractivity contribution in [2.24, 2.45) is 0 Å². The van der Waals surface area contributed by atoms with Gasteiger partial charge in [-0.3, -0.25) is 0 Å². The van der Waals surface area contributed by atoms with Crippen molar-refractivity contribution < 1.29 is 8.42 Å². The molecule has 0 fully saturated rings. The van der Waals surface area contributed by atoms with Gasteiger partial charge in [-0.05, 0) is 30.3 Å². The number of nitrogens with two attached hydrogens (primary N) is 4. The lowest BCUT2D eigenvalue weighted by Crippen LogP contribution is -2.08. The average Bonchev–Trinajstić information content (AvgIpc) is 2.35. The first-order valence-corrected chi connectivity index (χ1v) is 6.86. The molecular weight excluding hydrogens is 264 g/mol. The Morgan fingerprint density at radius 2 is 1.47 bits per heavy atom. The van der Waals surface area contributed by atoms with Crippen LogP contribution in [0.25, 0.3) is 0 Å². The van der Waals surface area contributed by atoms with E-state index in [0.29, 0.717) is 5.69 Å². The SMILES string of the molecule is Nc1ccc(S(=O)(=O)c2cccc(N)c2N)cc1N. The number of rotatable bonds is 2. The second-order valence-electron chi connectivity index (χ2n) is 4.05. The number of sulfone groups is 1. The van der Waals surface area contributed by atoms with Gasteiger partial charge in [0.05, 0.1) is 32.5 Å². The van der Waals surface area contributed by atoms with Gasteiger partial charge < -0.3 is 22.9 Å². The highest BCUT2D eigenvalue weighted by Crippen LogP contribution is 2.31. The van der Waals surface area contributed by atoms with Crippen molar-refractivity contribution in [3.63, 3.8) is 0 Å². The Hall–Kier alpha value is -2.41. The second-order valence-corrected chi connectivity index (χ2v) is 5.97. The van der Waals surface area contributed by atoms with E-state index < -0.39 is 9.84 Å². The molecule has 6 nitrogen and oxygen atoms in total. The smallest absolute Gasteiger partial charge is 0.208 e. The summed E-state index contributed by atoms with van der Waals surface area (Å²) in [7, 11) is -3.77. The van der Waals surface area contributed by atoms with Gasteiger partial charge in [0.2, 0.25) is 9.84 Å². The minimum atomic E-state index is -3.77. The van der Waals surface area contributed by atoms with Gasteiger partial charge in [-0.15, -0.1) is 0 Å². The van der Waals surface area contributed by atoms with Crippen molar-refractivity contribution in [2.75, 3.05) is 22.9 Å². The molecule has 8 N–H and O–H groups in total. The van der Waals surface area contributed by atoms with E-state index in [1.54, 1.807) is 0 Å². The lowest BCUT2D eigenvalue weighted by molar-refractivity contribution is 0.596. The maximum atomic E-state index is 12.4. The molecule has 0 bridgehead atoms. The molecule has 19 heavy (non-hydrogen) atoms. The van der Waals surface area contributed by atoms with Crippen LogP contribution in [0, 0.1) is 0 Å². The fourth-order valence-electron chi connectivity index (χ4n) is 1.64. The first-order chi connectivity index (χ1) is 8.84. The molecule has 100 valence electrons. The molecule has 0 heterocycles. The van der Waals surface area contributed by atoms with E-state index in [2.05, 4.69) is 0 Å². The van der Waals surface area contributed by atoms with Gasteiger partial charge in [0.15, 0.2) is 0 Å². The topological polar surface area (TPSA) is 138 Å². The number of nitrogen functional groups attached to an aromatic ring is 4. The largest absolute Gasteiger partial charge is 0.397 e. The highest BCUT2D eigenvalue weighted by atomic mass is 32.2. The normalized spacial score (nSPS) is 11.4. The van der Waals surface area contributed by atoms with E-state index in [4.69, 9.17) is 22.9 Å². The van der Waals surface area contributed by atoms with E-state index in [1.165, 1.54) is 36.4 Å². The fourth-order valence-corrected chi connectivity index (χ4v) is 3.09. The molecule has 0 aliphatic rings. The summed E-state index contributed by atoms with van der Waals surface area (Å²) in [4.78, 5) is -0.0202. The summed E-state index contributed by atoms with van der Waals surface area (Å²) in [6, 6.07) is 8.57. The Balaban J connectivity index is 2.65. The van der Waals surface area contributed by atoms with Gasteiger partial charge in [-0.1, -0.05) is 6.07 Å². The first kappa shape index (κ1) is 13.0. The summed E-state index contributed by atoms with van der Waals surface area (Å²) in [5.41, 5.74) is 23.3. The van der Waals surface area contributed by atoms with Crippen molar-refractivity contribution in [1.29, 1.82) is 0 Å². The summed E-state index contributed by atoms with van der Waals surface area (Å²) >= 11 is 0. The zero-order valence-electron chi connectivity index (χ0n) is 10.00. The maximum absolute atomic E-state index is 12.4. The monoisotopic (exact) mass is 278 g/mol. The molecule has 2 aromatic carbocycles. The van der Waals surface area contributed by atoms with E-state index >= 15 is 0 Å². The minimum absolute atomic E-state index is 0.0245. The van der Waals surface area contributed by atoms with Crippen molar-refractivity contribution in [3.8, 4) is 0 Å². The molecule has 0 saturated heterocycles. The van der Waals surface area contributed by atoms with Crippen molar-refractivity contribution in [3.05, 3.63) is 36.4 Å². The molecule has 0 saturated carbocycles. The summed E-state index contributed by atoms with van der Waals surface area (Å²) < 4.78 is 24.9. The molecule has 2 aromatic rings. The lowest BCUT2D eigenvalue weighted by Gasteiger charge is -2.10. The number of hydrogen-bond donors (Lipinski definition) is 4. The highest BCUT2D eigenvalue weighted by molar-refractivity contribution is 7.91. The van der Waals surface area contributed by atoms with Gasteiger partial charge in [-0.25, -0.2) is 8.42 Å². The Bertz CT molecular complexity index is 741. The third-order valence-corrected chi connectivity index (χ3v) is 4.57. The van der Waals surface area contributed by atoms with Crippen LogP contribution in [0.1, 0.15) is 0 Å². The maximum Gasteiger partial charge on any atom is 0.208 e. The van der Waals surface area contributed by atoms with Crippen molar-refractivity contribution in [1.82, 2.24) is 0 Å². The second kappa shape index (κ2) is 4.36. The van der Waals surface area contributed by atoms with Crippen LogP contribution in [0.5, 0.6) is 0 Å². The molecule has 0 unspecified atom stereocenters. The van der Waals surface area contributed by atoms with E-state index in [9.17, 15) is 8.42 Å². The van der Waals surface area contributed by atoms with Gasteiger partial charge in [0.1, 0.15) is 0 Å². The van der Waals surface area contributed by atoms with Crippen LogP contribution in [-0.2, 0) is 9.84 Å². The van der Waals surface area contributed by atoms with Crippen LogP contribution in [0.2, 0.25) is 0 Å². The molecule has 0 atom stereocenters. The Morgan fingerprint density at radius 3 is 2.11 bits per heavy atom. The van der Waals surface area contributed by atoms with E-state index in [-0.39, 0.29) is 26.9 Å². The molecule has 0 aliphatic carbocycles. The molecule has 0 aliphatic heterocycles. The Kier molecular flexibility index (Phi) is 2.99. The zero-order valence-corrected chi connectivity index (χ0v) is 10.8. The summed E-state index contributed by atoms with van der Waals surface area (Å²) in [6.07, 6.45) is 0. The fraction of sp³-hybridized carbons (Fsp3) is 0. The third-order valence-electron chi connectivity index (χ3n) is 2.76. The summed E-state index contributed by atoms with van der Waals surface area (Å²) in [5, 5.41) is 0. The van der Waals surface area contributed by atoms with Crippen molar-refractivity contribution in [2.45, 2.75) is 9.79 Å². The van der Waals surface area contributed by atoms with Gasteiger partial charge in [0, 0.05) is 0 Å². The molecular formula is C12H14N4O2S. The molecule has 0 aromatic heterocycles. The molecule has 0 spiro atoms. The van der Waals surface area contributed by atoms with Crippen LogP contribution in [0.3, 0.4) is 0 Å². The van der Waals surface area contributed by atoms with Crippen LogP contribution in [0.4, 0.5) is 22.7 Å². The standard InChI is InChI=1S/C12H14N4O2S/c13-8-5-4-7(6-10(8)15)19(17,18)11-3-1-2-9(14)12(11)16/h1-6H,13-16H2. The first-order valence-electron chi connectivity index (χ1n) is 5.38. The Labute approximate surface area is 110 Å². The predicted molar refractivity (Wildman–Crippen MR) is 76.0 cm³/mol. The van der Waals surface area contributed by atoms with Gasteiger partial charge in [-0.2, -0.15) is 0 Å². The number of para-hydroxylation sites is 1. The number of benzene rings is 2. The molecule has 7 heteroatoms. The predicted octanol–water partition coefficient (Wildman–Crippen LogP) is 0.848. The zero-order chi connectivity index (χ0) is 14.2. The van der Waals surface area contributed by atoms with E-state index in [1.807, 2.05) is 0 Å². The lowest BCUT2D eigenvalue weighted by atomic mass is 10.3. The molecule has 0 radical (unpaired) electrons. The van der Waals surface area contributed by atoms with Crippen LogP contribution < -0.4 is 22.9 Å². The third kappa shape index (κ3) is 2.15. The Morgan fingerprint density at radius 1 is 0.789 bits per heavy atom. The highest BCUT2D eigenvalue weighted by Gasteiger charge is 2.21. The quantitative estimate of drug-likeness (QED) is 0.601. The number of hydrogen-bond acceptors (Lipinski definition) is 6. The van der Waals surface area contributed by atoms with Crippen LogP contribution >= 0.6 is 0 Å².